The molecule has 3 N–H and O–H groups in total. The third-order valence-electron chi connectivity index (χ3n) is 2.61. The average Bonchev–Trinajstić information content (AvgIpc) is 2.45. The third kappa shape index (κ3) is 4.05. The molecule has 0 radical (unpaired) electrons. The van der Waals surface area contributed by atoms with Gasteiger partial charge in [0.2, 0.25) is 0 Å². The van der Waals surface area contributed by atoms with Crippen molar-refractivity contribution in [3.05, 3.63) is 53.9 Å². The molecule has 0 saturated carbocycles. The normalized spacial score (nSPS) is 10.6. The molecule has 0 spiro atoms. The number of pyridine rings is 1. The minimum Gasteiger partial charge on any atom is -0.320 e. The van der Waals surface area contributed by atoms with Gasteiger partial charge in [0.1, 0.15) is 4.90 Å². The lowest BCUT2D eigenvalue weighted by Gasteiger charge is -2.09. The Morgan fingerprint density at radius 1 is 1.33 bits per heavy atom. The van der Waals surface area contributed by atoms with Crippen molar-refractivity contribution >= 4 is 15.7 Å². The second-order valence-corrected chi connectivity index (χ2v) is 6.07. The Balaban J connectivity index is 2.33. The molecule has 0 atom stereocenters. The highest BCUT2D eigenvalue weighted by Crippen LogP contribution is 2.18. The second-order valence-electron chi connectivity index (χ2n) is 4.39. The minimum absolute atomic E-state index is 0.112. The number of nitrogens with zero attached hydrogens (tertiary/aromatic N) is 1. The first-order chi connectivity index (χ1) is 10.0. The van der Waals surface area contributed by atoms with Crippen LogP contribution in [0.15, 0.2) is 47.6 Å². The van der Waals surface area contributed by atoms with Gasteiger partial charge in [0.05, 0.1) is 12.2 Å². The van der Waals surface area contributed by atoms with E-state index in [0.29, 0.717) is 11.3 Å². The van der Waals surface area contributed by atoms with Crippen LogP contribution in [0.3, 0.4) is 0 Å². The maximum Gasteiger partial charge on any atom is 0.263 e. The lowest BCUT2D eigenvalue weighted by atomic mass is 10.1. The molecule has 0 saturated heterocycles. The fraction of sp³-hybridized carbons (Fsp3) is 0.133. The van der Waals surface area contributed by atoms with Crippen molar-refractivity contribution in [2.75, 3.05) is 11.3 Å². The largest absolute Gasteiger partial charge is 0.320 e. The van der Waals surface area contributed by atoms with E-state index in [2.05, 4.69) is 21.5 Å². The molecule has 0 aliphatic rings. The molecule has 1 aromatic heterocycles. The van der Waals surface area contributed by atoms with Gasteiger partial charge in [-0.1, -0.05) is 11.8 Å². The zero-order valence-electron chi connectivity index (χ0n) is 11.5. The predicted octanol–water partition coefficient (Wildman–Crippen LogP) is 1.50. The highest BCUT2D eigenvalue weighted by molar-refractivity contribution is 7.92. The number of hydrogen-bond donors (Lipinski definition) is 2. The summed E-state index contributed by atoms with van der Waals surface area (Å²) >= 11 is 0. The van der Waals surface area contributed by atoms with Crippen LogP contribution in [0.1, 0.15) is 11.1 Å². The predicted molar refractivity (Wildman–Crippen MR) is 82.2 cm³/mol. The fourth-order valence-electron chi connectivity index (χ4n) is 1.79. The minimum atomic E-state index is -3.65. The second kappa shape index (κ2) is 6.39. The van der Waals surface area contributed by atoms with E-state index in [4.69, 9.17) is 5.73 Å². The Hall–Kier alpha value is -2.36. The SMILES string of the molecule is Cc1cc(C#CCN)cc(NS(=O)(=O)c2cccnc2)c1. The molecule has 5 nitrogen and oxygen atoms in total. The fourth-order valence-corrected chi connectivity index (χ4v) is 2.79. The summed E-state index contributed by atoms with van der Waals surface area (Å²) in [5.41, 5.74) is 7.41. The molecule has 0 amide bonds. The van der Waals surface area contributed by atoms with Crippen LogP contribution in [-0.2, 0) is 10.0 Å². The average molecular weight is 301 g/mol. The summed E-state index contributed by atoms with van der Waals surface area (Å²) in [6.07, 6.45) is 2.82. The molecule has 21 heavy (non-hydrogen) atoms. The van der Waals surface area contributed by atoms with Gasteiger partial charge in [-0.15, -0.1) is 0 Å². The van der Waals surface area contributed by atoms with Crippen LogP contribution in [0.2, 0.25) is 0 Å². The van der Waals surface area contributed by atoms with Crippen LogP contribution in [0.25, 0.3) is 0 Å². The van der Waals surface area contributed by atoms with Crippen LogP contribution in [-0.4, -0.2) is 19.9 Å². The Bertz CT molecular complexity index is 791. The molecule has 1 heterocycles. The van der Waals surface area contributed by atoms with E-state index in [1.807, 2.05) is 13.0 Å². The van der Waals surface area contributed by atoms with Crippen molar-refractivity contribution < 1.29 is 8.42 Å². The van der Waals surface area contributed by atoms with Crippen molar-refractivity contribution in [1.82, 2.24) is 4.98 Å². The van der Waals surface area contributed by atoms with Crippen LogP contribution in [0.4, 0.5) is 5.69 Å². The Morgan fingerprint density at radius 2 is 2.14 bits per heavy atom. The highest BCUT2D eigenvalue weighted by atomic mass is 32.2. The number of aromatic nitrogens is 1. The van der Waals surface area contributed by atoms with Gasteiger partial charge >= 0.3 is 0 Å². The van der Waals surface area contributed by atoms with E-state index in [1.54, 1.807) is 18.2 Å². The number of aryl methyl sites for hydroxylation is 1. The summed E-state index contributed by atoms with van der Waals surface area (Å²) in [5, 5.41) is 0. The van der Waals surface area contributed by atoms with Gasteiger partial charge in [-0.05, 0) is 42.8 Å². The van der Waals surface area contributed by atoms with Crippen molar-refractivity contribution in [2.45, 2.75) is 11.8 Å². The summed E-state index contributed by atoms with van der Waals surface area (Å²) in [7, 11) is -3.65. The van der Waals surface area contributed by atoms with Gasteiger partial charge in [0.25, 0.3) is 10.0 Å². The molecule has 2 aromatic rings. The first-order valence-electron chi connectivity index (χ1n) is 6.25. The standard InChI is InChI=1S/C15H15N3O2S/c1-12-8-13(4-2-6-16)10-14(9-12)18-21(19,20)15-5-3-7-17-11-15/h3,5,7-11,18H,6,16H2,1H3. The first-order valence-corrected chi connectivity index (χ1v) is 7.73. The van der Waals surface area contributed by atoms with Crippen LogP contribution < -0.4 is 10.5 Å². The van der Waals surface area contributed by atoms with E-state index < -0.39 is 10.0 Å². The molecule has 0 unspecified atom stereocenters. The van der Waals surface area contributed by atoms with Crippen molar-refractivity contribution in [3.8, 4) is 11.8 Å². The lowest BCUT2D eigenvalue weighted by Crippen LogP contribution is -2.13. The Morgan fingerprint density at radius 3 is 2.81 bits per heavy atom. The van der Waals surface area contributed by atoms with Gasteiger partial charge in [0, 0.05) is 18.0 Å². The summed E-state index contributed by atoms with van der Waals surface area (Å²) in [6.45, 7) is 2.13. The molecule has 0 aliphatic heterocycles. The number of rotatable bonds is 3. The summed E-state index contributed by atoms with van der Waals surface area (Å²) in [4.78, 5) is 3.92. The maximum atomic E-state index is 12.2. The van der Waals surface area contributed by atoms with Gasteiger partial charge < -0.3 is 5.73 Å². The maximum absolute atomic E-state index is 12.2. The zero-order valence-corrected chi connectivity index (χ0v) is 12.3. The quantitative estimate of drug-likeness (QED) is 0.841. The molecule has 0 fully saturated rings. The monoisotopic (exact) mass is 301 g/mol. The van der Waals surface area contributed by atoms with Gasteiger partial charge in [-0.2, -0.15) is 0 Å². The van der Waals surface area contributed by atoms with E-state index in [-0.39, 0.29) is 11.4 Å². The van der Waals surface area contributed by atoms with E-state index >= 15 is 0 Å². The third-order valence-corrected chi connectivity index (χ3v) is 3.98. The van der Waals surface area contributed by atoms with E-state index in [9.17, 15) is 8.42 Å². The summed E-state index contributed by atoms with van der Waals surface area (Å²) in [6, 6.07) is 8.33. The highest BCUT2D eigenvalue weighted by Gasteiger charge is 2.14. The number of nitrogens with one attached hydrogen (secondary N) is 1. The number of nitrogens with two attached hydrogens (primary N) is 1. The van der Waals surface area contributed by atoms with Crippen LogP contribution >= 0.6 is 0 Å². The topological polar surface area (TPSA) is 85.1 Å². The lowest BCUT2D eigenvalue weighted by molar-refractivity contribution is 0.601. The van der Waals surface area contributed by atoms with Crippen molar-refractivity contribution in [1.29, 1.82) is 0 Å². The van der Waals surface area contributed by atoms with Gasteiger partial charge in [0.15, 0.2) is 0 Å². The molecule has 0 bridgehead atoms. The first kappa shape index (κ1) is 15.0. The van der Waals surface area contributed by atoms with E-state index in [1.165, 1.54) is 18.5 Å². The van der Waals surface area contributed by atoms with Crippen LogP contribution in [0, 0.1) is 18.8 Å². The molecule has 2 rings (SSSR count). The molecule has 108 valence electrons. The van der Waals surface area contributed by atoms with Gasteiger partial charge in [-0.3, -0.25) is 9.71 Å². The Labute approximate surface area is 124 Å². The van der Waals surface area contributed by atoms with E-state index in [0.717, 1.165) is 5.56 Å². The molecule has 0 aliphatic carbocycles. The number of hydrogen-bond acceptors (Lipinski definition) is 4. The number of sulfonamides is 1. The molecule has 1 aromatic carbocycles. The smallest absolute Gasteiger partial charge is 0.263 e. The molecular weight excluding hydrogens is 286 g/mol. The molecular formula is C15H15N3O2S. The number of benzene rings is 1. The van der Waals surface area contributed by atoms with Crippen molar-refractivity contribution in [2.24, 2.45) is 5.73 Å². The summed E-state index contributed by atoms with van der Waals surface area (Å²) < 4.78 is 27.0. The zero-order chi connectivity index (χ0) is 15.3. The Kier molecular flexibility index (Phi) is 4.58. The van der Waals surface area contributed by atoms with Crippen LogP contribution in [0.5, 0.6) is 0 Å². The molecule has 6 heteroatoms. The van der Waals surface area contributed by atoms with Crippen molar-refractivity contribution in [3.63, 3.8) is 0 Å². The number of anilines is 1. The summed E-state index contributed by atoms with van der Waals surface area (Å²) in [5.74, 6) is 5.63. The van der Waals surface area contributed by atoms with Gasteiger partial charge in [-0.25, -0.2) is 8.42 Å².